The predicted octanol–water partition coefficient (Wildman–Crippen LogP) is -1.51. The zero-order valence-electron chi connectivity index (χ0n) is 7.28. The molecule has 0 bridgehead atoms. The molecule has 0 aliphatic carbocycles. The lowest BCUT2D eigenvalue weighted by molar-refractivity contribution is -0.149. The monoisotopic (exact) mass is 177 g/mol. The van der Waals surface area contributed by atoms with Gasteiger partial charge in [-0.15, -0.1) is 0 Å². The largest absolute Gasteiger partial charge is 0.465 e. The lowest BCUT2D eigenvalue weighted by atomic mass is 10.2. The van der Waals surface area contributed by atoms with Crippen LogP contribution in [0.4, 0.5) is 0 Å². The van der Waals surface area contributed by atoms with E-state index in [-0.39, 0.29) is 6.61 Å². The Morgan fingerprint density at radius 3 is 2.58 bits per heavy atom. The molecule has 0 aromatic carbocycles. The van der Waals surface area contributed by atoms with Gasteiger partial charge in [0, 0.05) is 0 Å². The minimum atomic E-state index is -1.12. The molecule has 0 aromatic rings. The van der Waals surface area contributed by atoms with Gasteiger partial charge >= 0.3 is 5.97 Å². The SMILES string of the molecule is CCOC(=O)[C@@H](NC)C(O)CO. The van der Waals surface area contributed by atoms with Crippen LogP contribution in [0.25, 0.3) is 0 Å². The molecule has 0 radical (unpaired) electrons. The maximum Gasteiger partial charge on any atom is 0.325 e. The molecule has 0 rings (SSSR count). The van der Waals surface area contributed by atoms with Crippen LogP contribution in [-0.4, -0.2) is 48.6 Å². The molecule has 3 N–H and O–H groups in total. The molecular weight excluding hydrogens is 162 g/mol. The third-order valence-corrected chi connectivity index (χ3v) is 1.42. The first-order valence-corrected chi connectivity index (χ1v) is 3.80. The van der Waals surface area contributed by atoms with E-state index >= 15 is 0 Å². The smallest absolute Gasteiger partial charge is 0.325 e. The number of ether oxygens (including phenoxy) is 1. The van der Waals surface area contributed by atoms with Crippen molar-refractivity contribution >= 4 is 5.97 Å². The van der Waals surface area contributed by atoms with Gasteiger partial charge in [-0.05, 0) is 14.0 Å². The number of aliphatic hydroxyl groups is 2. The Bertz CT molecular complexity index is 139. The average Bonchev–Trinajstić information content (AvgIpc) is 2.06. The average molecular weight is 177 g/mol. The molecule has 0 aliphatic heterocycles. The molecule has 0 aromatic heterocycles. The number of hydrogen-bond donors (Lipinski definition) is 3. The first-order valence-electron chi connectivity index (χ1n) is 3.80. The fourth-order valence-corrected chi connectivity index (χ4v) is 0.805. The summed E-state index contributed by atoms with van der Waals surface area (Å²) in [4.78, 5) is 11.0. The zero-order valence-corrected chi connectivity index (χ0v) is 7.28. The van der Waals surface area contributed by atoms with Gasteiger partial charge in [0.15, 0.2) is 0 Å². The van der Waals surface area contributed by atoms with Crippen LogP contribution in [0.2, 0.25) is 0 Å². The Labute approximate surface area is 71.3 Å². The minimum Gasteiger partial charge on any atom is -0.465 e. The fourth-order valence-electron chi connectivity index (χ4n) is 0.805. The standard InChI is InChI=1S/C7H15NO4/c1-3-12-7(11)6(8-2)5(10)4-9/h5-6,8-10H,3-4H2,1-2H3/t5?,6-/m0/s1. The van der Waals surface area contributed by atoms with Crippen molar-refractivity contribution in [2.24, 2.45) is 0 Å². The van der Waals surface area contributed by atoms with Gasteiger partial charge in [-0.1, -0.05) is 0 Å². The van der Waals surface area contributed by atoms with E-state index in [0.717, 1.165) is 0 Å². The summed E-state index contributed by atoms with van der Waals surface area (Å²) in [6.45, 7) is 1.47. The third kappa shape index (κ3) is 3.17. The number of hydrogen-bond acceptors (Lipinski definition) is 5. The molecule has 0 saturated carbocycles. The van der Waals surface area contributed by atoms with Gasteiger partial charge in [0.2, 0.25) is 0 Å². The highest BCUT2D eigenvalue weighted by Crippen LogP contribution is 1.95. The van der Waals surface area contributed by atoms with Crippen LogP contribution in [0.1, 0.15) is 6.92 Å². The van der Waals surface area contributed by atoms with Gasteiger partial charge < -0.3 is 20.3 Å². The predicted molar refractivity (Wildman–Crippen MR) is 42.6 cm³/mol. The normalized spacial score (nSPS) is 15.3. The van der Waals surface area contributed by atoms with E-state index in [9.17, 15) is 4.79 Å². The topological polar surface area (TPSA) is 78.8 Å². The van der Waals surface area contributed by atoms with Crippen LogP contribution in [0.5, 0.6) is 0 Å². The molecule has 0 saturated heterocycles. The van der Waals surface area contributed by atoms with Crippen molar-refractivity contribution in [2.45, 2.75) is 19.1 Å². The second-order valence-electron chi connectivity index (χ2n) is 2.27. The molecule has 0 fully saturated rings. The second-order valence-corrected chi connectivity index (χ2v) is 2.27. The summed E-state index contributed by atoms with van der Waals surface area (Å²) in [5.74, 6) is -0.554. The van der Waals surface area contributed by atoms with E-state index in [4.69, 9.17) is 10.2 Å². The fraction of sp³-hybridized carbons (Fsp3) is 0.857. The van der Waals surface area contributed by atoms with E-state index in [1.54, 1.807) is 6.92 Å². The molecule has 5 nitrogen and oxygen atoms in total. The number of aliphatic hydroxyl groups excluding tert-OH is 2. The van der Waals surface area contributed by atoms with E-state index in [1.165, 1.54) is 7.05 Å². The zero-order chi connectivity index (χ0) is 9.56. The summed E-state index contributed by atoms with van der Waals surface area (Å²) in [6.07, 6.45) is -1.12. The molecule has 1 unspecified atom stereocenters. The maximum absolute atomic E-state index is 11.0. The maximum atomic E-state index is 11.0. The van der Waals surface area contributed by atoms with E-state index < -0.39 is 24.7 Å². The molecule has 72 valence electrons. The Hall–Kier alpha value is -0.650. The third-order valence-electron chi connectivity index (χ3n) is 1.42. The quantitative estimate of drug-likeness (QED) is 0.445. The molecule has 12 heavy (non-hydrogen) atoms. The van der Waals surface area contributed by atoms with Crippen molar-refractivity contribution in [3.05, 3.63) is 0 Å². The van der Waals surface area contributed by atoms with Crippen LogP contribution in [0.15, 0.2) is 0 Å². The van der Waals surface area contributed by atoms with Crippen molar-refractivity contribution in [3.63, 3.8) is 0 Å². The van der Waals surface area contributed by atoms with Crippen LogP contribution >= 0.6 is 0 Å². The van der Waals surface area contributed by atoms with Crippen molar-refractivity contribution in [1.29, 1.82) is 0 Å². The summed E-state index contributed by atoms with van der Waals surface area (Å²) in [5, 5.41) is 20.2. The summed E-state index contributed by atoms with van der Waals surface area (Å²) in [5.41, 5.74) is 0. The molecule has 2 atom stereocenters. The van der Waals surface area contributed by atoms with Gasteiger partial charge in [-0.25, -0.2) is 0 Å². The van der Waals surface area contributed by atoms with E-state index in [1.807, 2.05) is 0 Å². The van der Waals surface area contributed by atoms with Gasteiger partial charge in [-0.3, -0.25) is 4.79 Å². The number of carbonyl (C=O) groups excluding carboxylic acids is 1. The Kier molecular flexibility index (Phi) is 5.61. The molecule has 0 heterocycles. The highest BCUT2D eigenvalue weighted by Gasteiger charge is 2.25. The molecular formula is C7H15NO4. The number of rotatable bonds is 5. The lowest BCUT2D eigenvalue weighted by Gasteiger charge is -2.18. The summed E-state index contributed by atoms with van der Waals surface area (Å²) >= 11 is 0. The Morgan fingerprint density at radius 2 is 2.25 bits per heavy atom. The first-order chi connectivity index (χ1) is 5.67. The summed E-state index contributed by atoms with van der Waals surface area (Å²) in [7, 11) is 1.51. The molecule has 0 aliphatic rings. The van der Waals surface area contributed by atoms with Gasteiger partial charge in [0.05, 0.1) is 13.2 Å². The second kappa shape index (κ2) is 5.93. The summed E-state index contributed by atoms with van der Waals surface area (Å²) in [6, 6.07) is -0.852. The summed E-state index contributed by atoms with van der Waals surface area (Å²) < 4.78 is 4.65. The van der Waals surface area contributed by atoms with Crippen LogP contribution < -0.4 is 5.32 Å². The number of carbonyl (C=O) groups is 1. The van der Waals surface area contributed by atoms with Crippen molar-refractivity contribution in [3.8, 4) is 0 Å². The van der Waals surface area contributed by atoms with Crippen LogP contribution in [0.3, 0.4) is 0 Å². The van der Waals surface area contributed by atoms with E-state index in [0.29, 0.717) is 0 Å². The minimum absolute atomic E-state index is 0.259. The van der Waals surface area contributed by atoms with Crippen LogP contribution in [-0.2, 0) is 9.53 Å². The highest BCUT2D eigenvalue weighted by molar-refractivity contribution is 5.76. The molecule has 0 spiro atoms. The first kappa shape index (κ1) is 11.4. The Balaban J connectivity index is 4.04. The number of esters is 1. The highest BCUT2D eigenvalue weighted by atomic mass is 16.5. The van der Waals surface area contributed by atoms with E-state index in [2.05, 4.69) is 10.1 Å². The van der Waals surface area contributed by atoms with Crippen molar-refractivity contribution < 1.29 is 19.7 Å². The van der Waals surface area contributed by atoms with Gasteiger partial charge in [0.1, 0.15) is 12.1 Å². The van der Waals surface area contributed by atoms with Crippen molar-refractivity contribution in [1.82, 2.24) is 5.32 Å². The van der Waals surface area contributed by atoms with Crippen molar-refractivity contribution in [2.75, 3.05) is 20.3 Å². The number of likely N-dealkylation sites (N-methyl/N-ethyl adjacent to an activating group) is 1. The number of nitrogens with one attached hydrogen (secondary N) is 1. The molecule has 0 amide bonds. The lowest BCUT2D eigenvalue weighted by Crippen LogP contribution is -2.46. The van der Waals surface area contributed by atoms with Gasteiger partial charge in [0.25, 0.3) is 0 Å². The van der Waals surface area contributed by atoms with Gasteiger partial charge in [-0.2, -0.15) is 0 Å². The Morgan fingerprint density at radius 1 is 1.67 bits per heavy atom. The van der Waals surface area contributed by atoms with Crippen LogP contribution in [0, 0.1) is 0 Å². The molecule has 5 heteroatoms.